The van der Waals surface area contributed by atoms with Crippen molar-refractivity contribution in [2.24, 2.45) is 0 Å². The Morgan fingerprint density at radius 2 is 1.91 bits per heavy atom. The van der Waals surface area contributed by atoms with Crippen molar-refractivity contribution in [2.45, 2.75) is 32.7 Å². The molecule has 2 aromatic rings. The van der Waals surface area contributed by atoms with Crippen molar-refractivity contribution in [3.8, 4) is 17.2 Å². The van der Waals surface area contributed by atoms with Gasteiger partial charge in [0.1, 0.15) is 5.82 Å². The highest BCUT2D eigenvalue weighted by molar-refractivity contribution is 6.06. The molecular weight excluding hydrogens is 441 g/mol. The third-order valence-electron chi connectivity index (χ3n) is 6.04. The fourth-order valence-electron chi connectivity index (χ4n) is 4.31. The van der Waals surface area contributed by atoms with Crippen LogP contribution >= 0.6 is 0 Å². The summed E-state index contributed by atoms with van der Waals surface area (Å²) in [4.78, 5) is 12.5. The molecule has 2 atom stereocenters. The zero-order valence-corrected chi connectivity index (χ0v) is 19.6. The van der Waals surface area contributed by atoms with E-state index in [2.05, 4.69) is 5.32 Å². The van der Waals surface area contributed by atoms with Gasteiger partial charge in [0.25, 0.3) is 0 Å². The average Bonchev–Trinajstić information content (AvgIpc) is 3.33. The quantitative estimate of drug-likeness (QED) is 0.634. The Balaban J connectivity index is 1.63. The predicted molar refractivity (Wildman–Crippen MR) is 126 cm³/mol. The summed E-state index contributed by atoms with van der Waals surface area (Å²) in [5, 5.41) is 13.1. The molecule has 1 fully saturated rings. The van der Waals surface area contributed by atoms with Crippen LogP contribution in [0.25, 0.3) is 17.2 Å². The topological polar surface area (TPSA) is 86.3 Å². The first-order valence-electron chi connectivity index (χ1n) is 11.0. The minimum absolute atomic E-state index is 0.0808. The number of halogens is 1. The molecule has 2 N–H and O–H groups in total. The lowest BCUT2D eigenvalue weighted by atomic mass is 10.00. The van der Waals surface area contributed by atoms with E-state index in [1.165, 1.54) is 26.4 Å². The Morgan fingerprint density at radius 3 is 2.53 bits per heavy atom. The third-order valence-corrected chi connectivity index (χ3v) is 6.04. The minimum Gasteiger partial charge on any atom is -0.502 e. The van der Waals surface area contributed by atoms with E-state index in [1.54, 1.807) is 25.1 Å². The normalized spacial score (nSPS) is 20.6. The van der Waals surface area contributed by atoms with Crippen LogP contribution in [-0.2, 0) is 14.3 Å². The molecule has 34 heavy (non-hydrogen) atoms. The van der Waals surface area contributed by atoms with Gasteiger partial charge in [0.05, 0.1) is 33.4 Å². The summed E-state index contributed by atoms with van der Waals surface area (Å²) in [6.07, 6.45) is 1.55. The average molecular weight is 470 g/mol. The van der Waals surface area contributed by atoms with Gasteiger partial charge in [-0.05, 0) is 77.6 Å². The highest BCUT2D eigenvalue weighted by atomic mass is 19.1. The van der Waals surface area contributed by atoms with Crippen molar-refractivity contribution >= 4 is 23.1 Å². The summed E-state index contributed by atoms with van der Waals surface area (Å²) in [5.74, 6) is -0.0284. The standard InChI is InChI=1S/C26H28FNO6/c1-14-20(7-16-8-23(31-3)26(30)24(9-16)32-4)19-6-5-17(27)10-21(19)22(14)12-28-25(29)11-18-13-33-15(2)34-18/h5-10,15,18,30H,11-13H2,1-4H3,(H,28,29)/b20-7-. The van der Waals surface area contributed by atoms with Gasteiger partial charge in [0.2, 0.25) is 11.7 Å². The van der Waals surface area contributed by atoms with E-state index in [1.807, 2.05) is 13.0 Å². The molecule has 2 aromatic carbocycles. The zero-order chi connectivity index (χ0) is 24.4. The predicted octanol–water partition coefficient (Wildman–Crippen LogP) is 4.14. The largest absolute Gasteiger partial charge is 0.502 e. The first-order chi connectivity index (χ1) is 16.3. The van der Waals surface area contributed by atoms with Gasteiger partial charge in [0, 0.05) is 6.54 Å². The van der Waals surface area contributed by atoms with Crippen LogP contribution in [0.4, 0.5) is 4.39 Å². The van der Waals surface area contributed by atoms with Crippen molar-refractivity contribution in [3.05, 3.63) is 58.4 Å². The fraction of sp³-hybridized carbons (Fsp3) is 0.346. The van der Waals surface area contributed by atoms with Crippen LogP contribution in [0.3, 0.4) is 0 Å². The number of nitrogens with one attached hydrogen (secondary N) is 1. The molecule has 0 aromatic heterocycles. The number of hydrogen-bond acceptors (Lipinski definition) is 6. The SMILES string of the molecule is COc1cc(/C=C2/C(C)=C(CNC(=O)CC3COC(C)O3)c3cc(F)ccc32)cc(OC)c1O. The molecule has 2 unspecified atom stereocenters. The lowest BCUT2D eigenvalue weighted by Gasteiger charge is -2.11. The molecule has 4 rings (SSSR count). The Bertz CT molecular complexity index is 1150. The van der Waals surface area contributed by atoms with Crippen molar-refractivity contribution in [2.75, 3.05) is 27.4 Å². The van der Waals surface area contributed by atoms with Gasteiger partial charge >= 0.3 is 0 Å². The number of phenolic OH excluding ortho intramolecular Hbond substituents is 1. The number of ether oxygens (including phenoxy) is 4. The number of amides is 1. The smallest absolute Gasteiger partial charge is 0.222 e. The van der Waals surface area contributed by atoms with E-state index in [0.29, 0.717) is 6.61 Å². The summed E-state index contributed by atoms with van der Waals surface area (Å²) in [7, 11) is 2.93. The van der Waals surface area contributed by atoms with E-state index in [9.17, 15) is 14.3 Å². The van der Waals surface area contributed by atoms with Crippen molar-refractivity contribution < 1.29 is 33.2 Å². The van der Waals surface area contributed by atoms with Crippen LogP contribution in [0.5, 0.6) is 17.2 Å². The zero-order valence-electron chi connectivity index (χ0n) is 19.6. The molecule has 0 radical (unpaired) electrons. The lowest BCUT2D eigenvalue weighted by Crippen LogP contribution is -2.29. The highest BCUT2D eigenvalue weighted by Crippen LogP contribution is 2.44. The summed E-state index contributed by atoms with van der Waals surface area (Å²) >= 11 is 0. The van der Waals surface area contributed by atoms with Crippen LogP contribution in [0, 0.1) is 5.82 Å². The van der Waals surface area contributed by atoms with Crippen LogP contribution in [-0.4, -0.2) is 50.8 Å². The van der Waals surface area contributed by atoms with E-state index < -0.39 is 0 Å². The van der Waals surface area contributed by atoms with Crippen LogP contribution in [0.15, 0.2) is 35.9 Å². The second-order valence-corrected chi connectivity index (χ2v) is 8.27. The first-order valence-corrected chi connectivity index (χ1v) is 11.0. The lowest BCUT2D eigenvalue weighted by molar-refractivity contribution is -0.123. The fourth-order valence-corrected chi connectivity index (χ4v) is 4.31. The number of aromatic hydroxyl groups is 1. The van der Waals surface area contributed by atoms with Gasteiger partial charge in [-0.1, -0.05) is 6.07 Å². The van der Waals surface area contributed by atoms with E-state index in [0.717, 1.165) is 33.4 Å². The second kappa shape index (κ2) is 9.87. The molecule has 0 saturated carbocycles. The maximum atomic E-state index is 14.1. The van der Waals surface area contributed by atoms with Crippen molar-refractivity contribution in [3.63, 3.8) is 0 Å². The van der Waals surface area contributed by atoms with Gasteiger partial charge in [-0.15, -0.1) is 0 Å². The number of rotatable bonds is 7. The van der Waals surface area contributed by atoms with Crippen LogP contribution in [0.1, 0.15) is 37.0 Å². The molecule has 0 spiro atoms. The Kier molecular flexibility index (Phi) is 6.90. The highest BCUT2D eigenvalue weighted by Gasteiger charge is 2.27. The maximum absolute atomic E-state index is 14.1. The number of fused-ring (bicyclic) bond motifs is 1. The molecule has 0 bridgehead atoms. The number of benzene rings is 2. The number of methoxy groups -OCH3 is 2. The molecule has 1 heterocycles. The van der Waals surface area contributed by atoms with Crippen LogP contribution in [0.2, 0.25) is 0 Å². The Labute approximate surface area is 197 Å². The van der Waals surface area contributed by atoms with Gasteiger partial charge < -0.3 is 29.4 Å². The Hall–Kier alpha value is -3.36. The maximum Gasteiger partial charge on any atom is 0.222 e. The molecule has 8 heteroatoms. The summed E-state index contributed by atoms with van der Waals surface area (Å²) in [5.41, 5.74) is 4.97. The van der Waals surface area contributed by atoms with Gasteiger partial charge in [-0.2, -0.15) is 0 Å². The monoisotopic (exact) mass is 469 g/mol. The molecular formula is C26H28FNO6. The molecule has 1 amide bonds. The molecule has 1 saturated heterocycles. The first kappa shape index (κ1) is 23.8. The summed E-state index contributed by atoms with van der Waals surface area (Å²) in [6, 6.07) is 8.03. The van der Waals surface area contributed by atoms with Crippen molar-refractivity contribution in [1.29, 1.82) is 0 Å². The van der Waals surface area contributed by atoms with E-state index in [4.69, 9.17) is 18.9 Å². The number of carbonyl (C=O) groups is 1. The number of allylic oxidation sites excluding steroid dienone is 2. The molecule has 2 aliphatic rings. The van der Waals surface area contributed by atoms with Gasteiger partial charge in [0.15, 0.2) is 17.8 Å². The van der Waals surface area contributed by atoms with E-state index in [-0.39, 0.29) is 54.3 Å². The number of hydrogen-bond donors (Lipinski definition) is 2. The third kappa shape index (κ3) is 4.78. The van der Waals surface area contributed by atoms with Crippen LogP contribution < -0.4 is 14.8 Å². The molecule has 1 aliphatic heterocycles. The van der Waals surface area contributed by atoms with Gasteiger partial charge in [-0.25, -0.2) is 4.39 Å². The van der Waals surface area contributed by atoms with Gasteiger partial charge in [-0.3, -0.25) is 4.79 Å². The minimum atomic E-state index is -0.352. The van der Waals surface area contributed by atoms with E-state index >= 15 is 0 Å². The van der Waals surface area contributed by atoms with Crippen molar-refractivity contribution in [1.82, 2.24) is 5.32 Å². The molecule has 180 valence electrons. The number of carbonyl (C=O) groups excluding carboxylic acids is 1. The summed E-state index contributed by atoms with van der Waals surface area (Å²) in [6.45, 7) is 4.37. The summed E-state index contributed by atoms with van der Waals surface area (Å²) < 4.78 is 35.5. The second-order valence-electron chi connectivity index (χ2n) is 8.27. The molecule has 7 nitrogen and oxygen atoms in total. The molecule has 1 aliphatic carbocycles. The number of phenols is 1. The Morgan fingerprint density at radius 1 is 1.21 bits per heavy atom.